The molecule has 0 radical (unpaired) electrons. The zero-order valence-electron chi connectivity index (χ0n) is 11.3. The van der Waals surface area contributed by atoms with Crippen molar-refractivity contribution in [3.63, 3.8) is 0 Å². The van der Waals surface area contributed by atoms with Gasteiger partial charge in [0.05, 0.1) is 5.02 Å². The van der Waals surface area contributed by atoms with Gasteiger partial charge in [0.1, 0.15) is 12.2 Å². The minimum Gasteiger partial charge on any atom is -0.480 e. The first-order chi connectivity index (χ1) is 9.47. The first-order valence-electron chi connectivity index (χ1n) is 6.21. The number of aliphatic carboxylic acids is 1. The summed E-state index contributed by atoms with van der Waals surface area (Å²) in [5.41, 5.74) is 1.16. The van der Waals surface area contributed by atoms with E-state index >= 15 is 0 Å². The summed E-state index contributed by atoms with van der Waals surface area (Å²) in [5, 5.41) is 10.00. The van der Waals surface area contributed by atoms with E-state index in [1.165, 1.54) is 4.90 Å². The Kier molecular flexibility index (Phi) is 3.99. The normalized spacial score (nSPS) is 10.8. The van der Waals surface area contributed by atoms with Crippen molar-refractivity contribution in [1.82, 2.24) is 9.47 Å². The third-order valence-corrected chi connectivity index (χ3v) is 3.63. The van der Waals surface area contributed by atoms with Crippen molar-refractivity contribution in [3.05, 3.63) is 35.0 Å². The van der Waals surface area contributed by atoms with Gasteiger partial charge in [0, 0.05) is 24.5 Å². The lowest BCUT2D eigenvalue weighted by Crippen LogP contribution is -2.36. The molecule has 1 amide bonds. The highest BCUT2D eigenvalue weighted by atomic mass is 35.5. The van der Waals surface area contributed by atoms with Crippen molar-refractivity contribution in [3.8, 4) is 0 Å². The average molecular weight is 295 g/mol. The molecule has 0 saturated heterocycles. The standard InChI is InChI=1S/C14H15ClN2O3/c1-3-17(8-11(18)19)14(20)13-12(15)9-6-4-5-7-10(9)16(13)2/h4-7H,3,8H2,1-2H3,(H,18,19). The van der Waals surface area contributed by atoms with Crippen LogP contribution in [0.1, 0.15) is 17.4 Å². The lowest BCUT2D eigenvalue weighted by Gasteiger charge is -2.19. The molecule has 0 atom stereocenters. The molecule has 0 saturated carbocycles. The van der Waals surface area contributed by atoms with Crippen LogP contribution in [0.3, 0.4) is 0 Å². The monoisotopic (exact) mass is 294 g/mol. The van der Waals surface area contributed by atoms with Gasteiger partial charge < -0.3 is 14.6 Å². The van der Waals surface area contributed by atoms with E-state index in [4.69, 9.17) is 16.7 Å². The van der Waals surface area contributed by atoms with E-state index < -0.39 is 5.97 Å². The number of hydrogen-bond acceptors (Lipinski definition) is 2. The molecule has 1 N–H and O–H groups in total. The van der Waals surface area contributed by atoms with Crippen LogP contribution in [0.4, 0.5) is 0 Å². The molecule has 0 aliphatic rings. The van der Waals surface area contributed by atoms with Gasteiger partial charge in [-0.15, -0.1) is 0 Å². The molecule has 2 aromatic rings. The molecule has 0 unspecified atom stereocenters. The Morgan fingerprint density at radius 2 is 2.00 bits per heavy atom. The molecule has 0 spiro atoms. The molecular weight excluding hydrogens is 280 g/mol. The number of rotatable bonds is 4. The van der Waals surface area contributed by atoms with Gasteiger partial charge in [0.15, 0.2) is 0 Å². The third-order valence-electron chi connectivity index (χ3n) is 3.24. The fraction of sp³-hybridized carbons (Fsp3) is 0.286. The van der Waals surface area contributed by atoms with E-state index in [1.807, 2.05) is 24.3 Å². The second-order valence-corrected chi connectivity index (χ2v) is 4.83. The predicted octanol–water partition coefficient (Wildman–Crippen LogP) is 2.38. The Morgan fingerprint density at radius 1 is 1.35 bits per heavy atom. The van der Waals surface area contributed by atoms with Crippen molar-refractivity contribution >= 4 is 34.4 Å². The molecule has 0 fully saturated rings. The lowest BCUT2D eigenvalue weighted by molar-refractivity contribution is -0.137. The summed E-state index contributed by atoms with van der Waals surface area (Å²) in [6.07, 6.45) is 0. The maximum atomic E-state index is 12.5. The minimum atomic E-state index is -1.05. The molecule has 0 aliphatic carbocycles. The fourth-order valence-electron chi connectivity index (χ4n) is 2.22. The van der Waals surface area contributed by atoms with Crippen LogP contribution in [0.5, 0.6) is 0 Å². The van der Waals surface area contributed by atoms with Crippen LogP contribution >= 0.6 is 11.6 Å². The van der Waals surface area contributed by atoms with E-state index in [-0.39, 0.29) is 12.5 Å². The first-order valence-corrected chi connectivity index (χ1v) is 6.59. The number of amides is 1. The number of carbonyl (C=O) groups is 2. The van der Waals surface area contributed by atoms with Gasteiger partial charge in [0.2, 0.25) is 0 Å². The van der Waals surface area contributed by atoms with Crippen LogP contribution in [0, 0.1) is 0 Å². The van der Waals surface area contributed by atoms with E-state index in [0.29, 0.717) is 17.3 Å². The van der Waals surface area contributed by atoms with Gasteiger partial charge in [-0.05, 0) is 13.0 Å². The van der Waals surface area contributed by atoms with E-state index in [1.54, 1.807) is 18.5 Å². The lowest BCUT2D eigenvalue weighted by atomic mass is 10.2. The minimum absolute atomic E-state index is 0.309. The first kappa shape index (κ1) is 14.4. The fourth-order valence-corrected chi connectivity index (χ4v) is 2.59. The topological polar surface area (TPSA) is 62.5 Å². The Labute approximate surface area is 121 Å². The number of para-hydroxylation sites is 1. The SMILES string of the molecule is CCN(CC(=O)O)C(=O)c1c(Cl)c2ccccc2n1C. The highest BCUT2D eigenvalue weighted by molar-refractivity contribution is 6.38. The van der Waals surface area contributed by atoms with Crippen LogP contribution in [-0.4, -0.2) is 39.5 Å². The summed E-state index contributed by atoms with van der Waals surface area (Å²) in [6.45, 7) is 1.70. The molecule has 2 rings (SSSR count). The van der Waals surface area contributed by atoms with Crippen LogP contribution < -0.4 is 0 Å². The number of halogens is 1. The van der Waals surface area contributed by atoms with Gasteiger partial charge >= 0.3 is 5.97 Å². The van der Waals surface area contributed by atoms with Crippen molar-refractivity contribution in [2.75, 3.05) is 13.1 Å². The largest absolute Gasteiger partial charge is 0.480 e. The smallest absolute Gasteiger partial charge is 0.323 e. The number of carboxylic acid groups (broad SMARTS) is 1. The highest BCUT2D eigenvalue weighted by Crippen LogP contribution is 2.30. The van der Waals surface area contributed by atoms with Gasteiger partial charge in [0.25, 0.3) is 5.91 Å². The number of aromatic nitrogens is 1. The molecule has 0 bridgehead atoms. The van der Waals surface area contributed by atoms with E-state index in [0.717, 1.165) is 10.9 Å². The number of likely N-dealkylation sites (N-methyl/N-ethyl adjacent to an activating group) is 1. The summed E-state index contributed by atoms with van der Waals surface area (Å²) in [5.74, 6) is -1.42. The van der Waals surface area contributed by atoms with Crippen molar-refractivity contribution < 1.29 is 14.7 Å². The maximum absolute atomic E-state index is 12.5. The maximum Gasteiger partial charge on any atom is 0.323 e. The molecule has 1 aromatic carbocycles. The Hall–Kier alpha value is -2.01. The Morgan fingerprint density at radius 3 is 2.55 bits per heavy atom. The zero-order valence-corrected chi connectivity index (χ0v) is 12.0. The molecule has 106 valence electrons. The summed E-state index contributed by atoms with van der Waals surface area (Å²) >= 11 is 6.28. The van der Waals surface area contributed by atoms with Crippen molar-refractivity contribution in [1.29, 1.82) is 0 Å². The van der Waals surface area contributed by atoms with Gasteiger partial charge in [-0.3, -0.25) is 9.59 Å². The van der Waals surface area contributed by atoms with Crippen molar-refractivity contribution in [2.24, 2.45) is 7.05 Å². The van der Waals surface area contributed by atoms with Crippen LogP contribution in [0.15, 0.2) is 24.3 Å². The Bertz CT molecular complexity index is 639. The number of carbonyl (C=O) groups excluding carboxylic acids is 1. The number of carboxylic acids is 1. The second-order valence-electron chi connectivity index (χ2n) is 4.45. The number of fused-ring (bicyclic) bond motifs is 1. The molecule has 6 heteroatoms. The summed E-state index contributed by atoms with van der Waals surface area (Å²) in [4.78, 5) is 24.5. The summed E-state index contributed by atoms with van der Waals surface area (Å²) in [7, 11) is 1.75. The van der Waals surface area contributed by atoms with Crippen LogP contribution in [0.2, 0.25) is 5.02 Å². The highest BCUT2D eigenvalue weighted by Gasteiger charge is 2.24. The molecule has 0 aliphatic heterocycles. The predicted molar refractivity (Wildman–Crippen MR) is 77.1 cm³/mol. The number of aryl methyl sites for hydroxylation is 1. The number of nitrogens with zero attached hydrogens (tertiary/aromatic N) is 2. The van der Waals surface area contributed by atoms with Crippen LogP contribution in [-0.2, 0) is 11.8 Å². The number of benzene rings is 1. The van der Waals surface area contributed by atoms with E-state index in [2.05, 4.69) is 0 Å². The number of hydrogen-bond donors (Lipinski definition) is 1. The molecule has 1 heterocycles. The molecular formula is C14H15ClN2O3. The van der Waals surface area contributed by atoms with E-state index in [9.17, 15) is 9.59 Å². The third kappa shape index (κ3) is 2.36. The summed E-state index contributed by atoms with van der Waals surface area (Å²) < 4.78 is 1.70. The quantitative estimate of drug-likeness (QED) is 0.941. The molecule has 1 aromatic heterocycles. The van der Waals surface area contributed by atoms with Gasteiger partial charge in [-0.1, -0.05) is 29.8 Å². The molecule has 20 heavy (non-hydrogen) atoms. The van der Waals surface area contributed by atoms with Crippen molar-refractivity contribution in [2.45, 2.75) is 6.92 Å². The van der Waals surface area contributed by atoms with Gasteiger partial charge in [-0.25, -0.2) is 0 Å². The molecule has 5 nitrogen and oxygen atoms in total. The summed E-state index contributed by atoms with van der Waals surface area (Å²) in [6, 6.07) is 7.41. The van der Waals surface area contributed by atoms with Gasteiger partial charge in [-0.2, -0.15) is 0 Å². The second kappa shape index (κ2) is 5.54. The Balaban J connectivity index is 2.51. The average Bonchev–Trinajstić information content (AvgIpc) is 2.68. The zero-order chi connectivity index (χ0) is 14.9. The van der Waals surface area contributed by atoms with Crippen LogP contribution in [0.25, 0.3) is 10.9 Å².